The van der Waals surface area contributed by atoms with Gasteiger partial charge in [-0.05, 0) is 37.9 Å². The zero-order chi connectivity index (χ0) is 12.3. The molecule has 1 fully saturated rings. The van der Waals surface area contributed by atoms with Gasteiger partial charge in [-0.25, -0.2) is 8.78 Å². The van der Waals surface area contributed by atoms with E-state index in [9.17, 15) is 8.78 Å². The summed E-state index contributed by atoms with van der Waals surface area (Å²) >= 11 is 5.81. The highest BCUT2D eigenvalue weighted by atomic mass is 35.5. The van der Waals surface area contributed by atoms with E-state index in [-0.39, 0.29) is 0 Å². The predicted molar refractivity (Wildman–Crippen MR) is 65.1 cm³/mol. The Morgan fingerprint density at radius 3 is 2.53 bits per heavy atom. The lowest BCUT2D eigenvalue weighted by molar-refractivity contribution is 0.184. The molecule has 94 valence electrons. The maximum Gasteiger partial charge on any atom is 0.130 e. The second-order valence-electron chi connectivity index (χ2n) is 4.61. The molecule has 0 saturated carbocycles. The molecule has 0 bridgehead atoms. The Balaban J connectivity index is 1.93. The van der Waals surface area contributed by atoms with Gasteiger partial charge >= 0.3 is 0 Å². The van der Waals surface area contributed by atoms with E-state index in [0.717, 1.165) is 32.0 Å². The van der Waals surface area contributed by atoms with Gasteiger partial charge in [-0.2, -0.15) is 0 Å². The van der Waals surface area contributed by atoms with Crippen molar-refractivity contribution in [1.29, 1.82) is 0 Å². The van der Waals surface area contributed by atoms with Gasteiger partial charge in [0.1, 0.15) is 11.6 Å². The van der Waals surface area contributed by atoms with Crippen molar-refractivity contribution in [2.24, 2.45) is 5.92 Å². The summed E-state index contributed by atoms with van der Waals surface area (Å²) in [4.78, 5) is 2.19. The van der Waals surface area contributed by atoms with Gasteiger partial charge in [0.05, 0.1) is 0 Å². The van der Waals surface area contributed by atoms with Crippen molar-refractivity contribution in [2.45, 2.75) is 19.4 Å². The highest BCUT2D eigenvalue weighted by Gasteiger charge is 2.19. The molecule has 1 aliphatic heterocycles. The number of likely N-dealkylation sites (tertiary alicyclic amines) is 1. The third kappa shape index (κ3) is 3.39. The van der Waals surface area contributed by atoms with Crippen molar-refractivity contribution >= 4 is 11.6 Å². The summed E-state index contributed by atoms with van der Waals surface area (Å²) in [5.74, 6) is 0.321. The van der Waals surface area contributed by atoms with Crippen LogP contribution in [-0.4, -0.2) is 23.9 Å². The van der Waals surface area contributed by atoms with E-state index in [2.05, 4.69) is 4.90 Å². The first-order valence-electron chi connectivity index (χ1n) is 5.91. The second-order valence-corrected chi connectivity index (χ2v) is 4.92. The maximum atomic E-state index is 13.5. The van der Waals surface area contributed by atoms with E-state index in [0.29, 0.717) is 23.9 Å². The Kier molecular flexibility index (Phi) is 4.35. The molecule has 17 heavy (non-hydrogen) atoms. The van der Waals surface area contributed by atoms with Gasteiger partial charge < -0.3 is 0 Å². The van der Waals surface area contributed by atoms with Crippen LogP contribution in [0.1, 0.15) is 18.4 Å². The molecule has 0 unspecified atom stereocenters. The summed E-state index contributed by atoms with van der Waals surface area (Å²) in [6.07, 6.45) is 2.12. The minimum Gasteiger partial charge on any atom is -0.299 e. The van der Waals surface area contributed by atoms with Gasteiger partial charge in [0.25, 0.3) is 0 Å². The fourth-order valence-corrected chi connectivity index (χ4v) is 2.50. The molecule has 0 spiro atoms. The normalized spacial score (nSPS) is 18.5. The highest BCUT2D eigenvalue weighted by molar-refractivity contribution is 6.18. The number of nitrogens with zero attached hydrogens (tertiary/aromatic N) is 1. The topological polar surface area (TPSA) is 3.24 Å². The van der Waals surface area contributed by atoms with Gasteiger partial charge in [-0.3, -0.25) is 4.90 Å². The van der Waals surface area contributed by atoms with Gasteiger partial charge in [0.15, 0.2) is 0 Å². The van der Waals surface area contributed by atoms with Crippen LogP contribution in [0.25, 0.3) is 0 Å². The third-order valence-electron chi connectivity index (χ3n) is 3.33. The van der Waals surface area contributed by atoms with Crippen LogP contribution < -0.4 is 0 Å². The number of rotatable bonds is 3. The van der Waals surface area contributed by atoms with Crippen molar-refractivity contribution in [3.8, 4) is 0 Å². The first kappa shape index (κ1) is 12.8. The maximum absolute atomic E-state index is 13.5. The number of hydrogen-bond donors (Lipinski definition) is 0. The van der Waals surface area contributed by atoms with Gasteiger partial charge in [-0.15, -0.1) is 11.6 Å². The van der Waals surface area contributed by atoms with E-state index in [1.54, 1.807) is 0 Å². The molecule has 1 aliphatic rings. The first-order chi connectivity index (χ1) is 8.19. The zero-order valence-electron chi connectivity index (χ0n) is 9.63. The number of halogens is 3. The Morgan fingerprint density at radius 2 is 1.94 bits per heavy atom. The third-order valence-corrected chi connectivity index (χ3v) is 3.77. The molecule has 2 rings (SSSR count). The zero-order valence-corrected chi connectivity index (χ0v) is 10.4. The molecule has 0 aromatic heterocycles. The fraction of sp³-hybridized carbons (Fsp3) is 0.538. The average Bonchev–Trinajstić information content (AvgIpc) is 2.34. The van der Waals surface area contributed by atoms with E-state index >= 15 is 0 Å². The van der Waals surface area contributed by atoms with Crippen LogP contribution in [0.2, 0.25) is 0 Å². The Labute approximate surface area is 105 Å². The van der Waals surface area contributed by atoms with Crippen molar-refractivity contribution in [1.82, 2.24) is 4.90 Å². The second kappa shape index (κ2) is 5.78. The van der Waals surface area contributed by atoms with E-state index in [1.165, 1.54) is 12.1 Å². The summed E-state index contributed by atoms with van der Waals surface area (Å²) in [5, 5.41) is 0. The molecule has 4 heteroatoms. The molecule has 1 aromatic rings. The van der Waals surface area contributed by atoms with E-state index in [4.69, 9.17) is 11.6 Å². The van der Waals surface area contributed by atoms with Gasteiger partial charge in [0, 0.05) is 24.1 Å². The molecule has 0 atom stereocenters. The molecule has 1 nitrogen and oxygen atoms in total. The quantitative estimate of drug-likeness (QED) is 0.752. The minimum absolute atomic E-state index is 0.454. The van der Waals surface area contributed by atoms with Gasteiger partial charge in [-0.1, -0.05) is 6.07 Å². The van der Waals surface area contributed by atoms with E-state index in [1.807, 2.05) is 0 Å². The lowest BCUT2D eigenvalue weighted by atomic mass is 9.98. The summed E-state index contributed by atoms with van der Waals surface area (Å²) in [6, 6.07) is 3.78. The largest absolute Gasteiger partial charge is 0.299 e. The van der Waals surface area contributed by atoms with Crippen molar-refractivity contribution < 1.29 is 8.78 Å². The molecule has 0 aliphatic carbocycles. The minimum atomic E-state index is -0.521. The molecule has 1 heterocycles. The Hall–Kier alpha value is -0.670. The Bertz CT molecular complexity index is 376. The molecular formula is C13H16ClF2N. The van der Waals surface area contributed by atoms with Crippen molar-refractivity contribution in [3.63, 3.8) is 0 Å². The standard InChI is InChI=1S/C13H16ClF2N/c14-8-10-3-5-17(6-4-10)9-11-1-2-12(15)7-13(11)16/h1-2,7,10H,3-6,8-9H2. The lowest BCUT2D eigenvalue weighted by Crippen LogP contribution is -2.33. The number of hydrogen-bond acceptors (Lipinski definition) is 1. The smallest absolute Gasteiger partial charge is 0.130 e. The molecule has 0 amide bonds. The Morgan fingerprint density at radius 1 is 1.24 bits per heavy atom. The molecular weight excluding hydrogens is 244 g/mol. The van der Waals surface area contributed by atoms with Crippen LogP contribution in [-0.2, 0) is 6.54 Å². The summed E-state index contributed by atoms with van der Waals surface area (Å²) in [6.45, 7) is 2.43. The van der Waals surface area contributed by atoms with Crippen molar-refractivity contribution in [2.75, 3.05) is 19.0 Å². The summed E-state index contributed by atoms with van der Waals surface area (Å²) in [5.41, 5.74) is 0.565. The predicted octanol–water partition coefficient (Wildman–Crippen LogP) is 3.42. The monoisotopic (exact) mass is 259 g/mol. The summed E-state index contributed by atoms with van der Waals surface area (Å²) < 4.78 is 26.2. The van der Waals surface area contributed by atoms with Crippen LogP contribution in [0.15, 0.2) is 18.2 Å². The fourth-order valence-electron chi connectivity index (χ4n) is 2.19. The van der Waals surface area contributed by atoms with Gasteiger partial charge in [0.2, 0.25) is 0 Å². The molecule has 1 saturated heterocycles. The molecule has 0 radical (unpaired) electrons. The first-order valence-corrected chi connectivity index (χ1v) is 6.44. The van der Waals surface area contributed by atoms with E-state index < -0.39 is 11.6 Å². The van der Waals surface area contributed by atoms with Crippen molar-refractivity contribution in [3.05, 3.63) is 35.4 Å². The number of alkyl halides is 1. The van der Waals surface area contributed by atoms with Crippen LogP contribution in [0.5, 0.6) is 0 Å². The van der Waals surface area contributed by atoms with Crippen LogP contribution in [0.3, 0.4) is 0 Å². The van der Waals surface area contributed by atoms with Crippen LogP contribution in [0.4, 0.5) is 8.78 Å². The number of benzene rings is 1. The molecule has 0 N–H and O–H groups in total. The average molecular weight is 260 g/mol. The highest BCUT2D eigenvalue weighted by Crippen LogP contribution is 2.21. The molecule has 1 aromatic carbocycles. The number of piperidine rings is 1. The summed E-state index contributed by atoms with van der Waals surface area (Å²) in [7, 11) is 0. The lowest BCUT2D eigenvalue weighted by Gasteiger charge is -2.31. The SMILES string of the molecule is Fc1ccc(CN2CCC(CCl)CC2)c(F)c1. The van der Waals surface area contributed by atoms with Crippen LogP contribution in [0, 0.1) is 17.6 Å². The van der Waals surface area contributed by atoms with Crippen LogP contribution >= 0.6 is 11.6 Å².